The third-order valence-electron chi connectivity index (χ3n) is 3.46. The molecule has 0 aliphatic heterocycles. The SMILES string of the molecule is O=C(NCC1CCCCC1)c1ccc(Cl)c(Cl)c1. The number of benzene rings is 1. The number of amides is 1. The zero-order valence-corrected chi connectivity index (χ0v) is 11.7. The number of hydrogen-bond acceptors (Lipinski definition) is 1. The molecular weight excluding hydrogens is 269 g/mol. The molecule has 0 radical (unpaired) electrons. The van der Waals surface area contributed by atoms with E-state index in [1.54, 1.807) is 18.2 Å². The smallest absolute Gasteiger partial charge is 0.251 e. The molecule has 1 saturated carbocycles. The quantitative estimate of drug-likeness (QED) is 0.881. The minimum Gasteiger partial charge on any atom is -0.352 e. The molecule has 1 aromatic carbocycles. The summed E-state index contributed by atoms with van der Waals surface area (Å²) in [4.78, 5) is 11.9. The van der Waals surface area contributed by atoms with Gasteiger partial charge in [-0.1, -0.05) is 42.5 Å². The molecule has 1 aromatic rings. The van der Waals surface area contributed by atoms with Gasteiger partial charge in [-0.15, -0.1) is 0 Å². The molecule has 0 bridgehead atoms. The standard InChI is InChI=1S/C14H17Cl2NO/c15-12-7-6-11(8-13(12)16)14(18)17-9-10-4-2-1-3-5-10/h6-8,10H,1-5,9H2,(H,17,18). The highest BCUT2D eigenvalue weighted by Crippen LogP contribution is 2.24. The molecule has 4 heteroatoms. The van der Waals surface area contributed by atoms with Gasteiger partial charge in [0.1, 0.15) is 0 Å². The number of rotatable bonds is 3. The lowest BCUT2D eigenvalue weighted by Gasteiger charge is -2.21. The molecule has 0 heterocycles. The summed E-state index contributed by atoms with van der Waals surface area (Å²) in [5, 5.41) is 3.87. The first-order chi connectivity index (χ1) is 8.66. The van der Waals surface area contributed by atoms with Crippen molar-refractivity contribution < 1.29 is 4.79 Å². The lowest BCUT2D eigenvalue weighted by atomic mass is 9.89. The van der Waals surface area contributed by atoms with Crippen LogP contribution in [-0.4, -0.2) is 12.5 Å². The first-order valence-electron chi connectivity index (χ1n) is 6.40. The van der Waals surface area contributed by atoms with Gasteiger partial charge in [0.25, 0.3) is 5.91 Å². The van der Waals surface area contributed by atoms with Gasteiger partial charge in [-0.25, -0.2) is 0 Å². The van der Waals surface area contributed by atoms with Crippen molar-refractivity contribution in [2.24, 2.45) is 5.92 Å². The average Bonchev–Trinajstić information content (AvgIpc) is 2.40. The van der Waals surface area contributed by atoms with Crippen molar-refractivity contribution in [1.82, 2.24) is 5.32 Å². The Morgan fingerprint density at radius 1 is 1.17 bits per heavy atom. The highest BCUT2D eigenvalue weighted by atomic mass is 35.5. The Kier molecular flexibility index (Phi) is 4.90. The number of carbonyl (C=O) groups excluding carboxylic acids is 1. The molecule has 0 spiro atoms. The maximum atomic E-state index is 11.9. The Morgan fingerprint density at radius 2 is 1.89 bits per heavy atom. The van der Waals surface area contributed by atoms with E-state index in [9.17, 15) is 4.79 Å². The fraction of sp³-hybridized carbons (Fsp3) is 0.500. The first-order valence-corrected chi connectivity index (χ1v) is 7.15. The summed E-state index contributed by atoms with van der Waals surface area (Å²) in [6.07, 6.45) is 6.35. The number of carbonyl (C=O) groups is 1. The van der Waals surface area contributed by atoms with Crippen LogP contribution in [0.3, 0.4) is 0 Å². The molecular formula is C14H17Cl2NO. The summed E-state index contributed by atoms with van der Waals surface area (Å²) < 4.78 is 0. The molecule has 1 amide bonds. The molecule has 1 fully saturated rings. The van der Waals surface area contributed by atoms with Crippen LogP contribution < -0.4 is 5.32 Å². The van der Waals surface area contributed by atoms with Crippen LogP contribution in [0, 0.1) is 5.92 Å². The fourth-order valence-corrected chi connectivity index (χ4v) is 2.67. The van der Waals surface area contributed by atoms with Crippen molar-refractivity contribution in [3.8, 4) is 0 Å². The molecule has 18 heavy (non-hydrogen) atoms. The molecule has 1 aliphatic carbocycles. The van der Waals surface area contributed by atoms with Crippen LogP contribution in [0.5, 0.6) is 0 Å². The van der Waals surface area contributed by atoms with E-state index in [0.29, 0.717) is 21.5 Å². The third-order valence-corrected chi connectivity index (χ3v) is 4.20. The van der Waals surface area contributed by atoms with Crippen molar-refractivity contribution in [3.63, 3.8) is 0 Å². The number of halogens is 2. The van der Waals surface area contributed by atoms with E-state index < -0.39 is 0 Å². The minimum atomic E-state index is -0.0702. The second-order valence-electron chi connectivity index (χ2n) is 4.84. The minimum absolute atomic E-state index is 0.0702. The molecule has 0 aromatic heterocycles. The highest BCUT2D eigenvalue weighted by molar-refractivity contribution is 6.42. The largest absolute Gasteiger partial charge is 0.352 e. The zero-order chi connectivity index (χ0) is 13.0. The van der Waals surface area contributed by atoms with Crippen LogP contribution in [0.15, 0.2) is 18.2 Å². The topological polar surface area (TPSA) is 29.1 Å². The van der Waals surface area contributed by atoms with Gasteiger partial charge >= 0.3 is 0 Å². The van der Waals surface area contributed by atoms with Gasteiger partial charge in [0, 0.05) is 12.1 Å². The molecule has 2 rings (SSSR count). The maximum absolute atomic E-state index is 11.9. The van der Waals surface area contributed by atoms with Crippen LogP contribution in [0.2, 0.25) is 10.0 Å². The molecule has 1 N–H and O–H groups in total. The summed E-state index contributed by atoms with van der Waals surface area (Å²) in [7, 11) is 0. The predicted octanol–water partition coefficient (Wildman–Crippen LogP) is 4.30. The van der Waals surface area contributed by atoms with E-state index in [4.69, 9.17) is 23.2 Å². The van der Waals surface area contributed by atoms with E-state index in [1.165, 1.54) is 32.1 Å². The van der Waals surface area contributed by atoms with Gasteiger partial charge < -0.3 is 5.32 Å². The Morgan fingerprint density at radius 3 is 2.56 bits per heavy atom. The molecule has 0 saturated heterocycles. The van der Waals surface area contributed by atoms with Crippen LogP contribution in [0.1, 0.15) is 42.5 Å². The van der Waals surface area contributed by atoms with E-state index in [-0.39, 0.29) is 5.91 Å². The Balaban J connectivity index is 1.88. The summed E-state index contributed by atoms with van der Waals surface area (Å²) >= 11 is 11.7. The van der Waals surface area contributed by atoms with Gasteiger partial charge in [-0.05, 0) is 37.0 Å². The van der Waals surface area contributed by atoms with Gasteiger partial charge in [-0.3, -0.25) is 4.79 Å². The average molecular weight is 286 g/mol. The van der Waals surface area contributed by atoms with Crippen LogP contribution in [0.4, 0.5) is 0 Å². The lowest BCUT2D eigenvalue weighted by Crippen LogP contribution is -2.30. The highest BCUT2D eigenvalue weighted by Gasteiger charge is 2.15. The second-order valence-corrected chi connectivity index (χ2v) is 5.66. The number of hydrogen-bond donors (Lipinski definition) is 1. The number of nitrogens with one attached hydrogen (secondary N) is 1. The third kappa shape index (κ3) is 3.63. The van der Waals surface area contributed by atoms with E-state index in [0.717, 1.165) is 6.54 Å². The molecule has 0 unspecified atom stereocenters. The Bertz CT molecular complexity index is 428. The predicted molar refractivity (Wildman–Crippen MR) is 75.4 cm³/mol. The normalized spacial score (nSPS) is 16.6. The fourth-order valence-electron chi connectivity index (χ4n) is 2.37. The Hall–Kier alpha value is -0.730. The first kappa shape index (κ1) is 13.7. The van der Waals surface area contributed by atoms with Crippen LogP contribution >= 0.6 is 23.2 Å². The van der Waals surface area contributed by atoms with Gasteiger partial charge in [0.05, 0.1) is 10.0 Å². The van der Waals surface area contributed by atoms with E-state index in [1.807, 2.05) is 0 Å². The summed E-state index contributed by atoms with van der Waals surface area (Å²) in [5.74, 6) is 0.560. The molecule has 0 atom stereocenters. The Labute approximate surface area is 118 Å². The monoisotopic (exact) mass is 285 g/mol. The van der Waals surface area contributed by atoms with Crippen LogP contribution in [0.25, 0.3) is 0 Å². The van der Waals surface area contributed by atoms with Crippen molar-refractivity contribution in [2.45, 2.75) is 32.1 Å². The second kappa shape index (κ2) is 6.44. The summed E-state index contributed by atoms with van der Waals surface area (Å²) in [5.41, 5.74) is 0.570. The summed E-state index contributed by atoms with van der Waals surface area (Å²) in [6.45, 7) is 0.763. The zero-order valence-electron chi connectivity index (χ0n) is 10.2. The van der Waals surface area contributed by atoms with Crippen molar-refractivity contribution in [2.75, 3.05) is 6.54 Å². The van der Waals surface area contributed by atoms with E-state index in [2.05, 4.69) is 5.32 Å². The summed E-state index contributed by atoms with van der Waals surface area (Å²) in [6, 6.07) is 4.96. The molecule has 1 aliphatic rings. The molecule has 2 nitrogen and oxygen atoms in total. The van der Waals surface area contributed by atoms with Crippen LogP contribution in [-0.2, 0) is 0 Å². The van der Waals surface area contributed by atoms with E-state index >= 15 is 0 Å². The van der Waals surface area contributed by atoms with Gasteiger partial charge in [0.15, 0.2) is 0 Å². The molecule has 98 valence electrons. The van der Waals surface area contributed by atoms with Crippen molar-refractivity contribution in [3.05, 3.63) is 33.8 Å². The lowest BCUT2D eigenvalue weighted by molar-refractivity contribution is 0.0943. The van der Waals surface area contributed by atoms with Gasteiger partial charge in [-0.2, -0.15) is 0 Å². The van der Waals surface area contributed by atoms with Gasteiger partial charge in [0.2, 0.25) is 0 Å². The maximum Gasteiger partial charge on any atom is 0.251 e. The van der Waals surface area contributed by atoms with Crippen molar-refractivity contribution in [1.29, 1.82) is 0 Å². The van der Waals surface area contributed by atoms with Crippen molar-refractivity contribution >= 4 is 29.1 Å².